The number of hydrogen-bond acceptors (Lipinski definition) is 6. The maximum absolute atomic E-state index is 6.13. The van der Waals surface area contributed by atoms with Crippen molar-refractivity contribution >= 4 is 44.0 Å². The van der Waals surface area contributed by atoms with E-state index in [-0.39, 0.29) is 0 Å². The smallest absolute Gasteiger partial charge is 0.246 e. The van der Waals surface area contributed by atoms with Crippen LogP contribution in [-0.4, -0.2) is 24.9 Å². The summed E-state index contributed by atoms with van der Waals surface area (Å²) in [6, 6.07) is 55.8. The zero-order chi connectivity index (χ0) is 33.7. The summed E-state index contributed by atoms with van der Waals surface area (Å²) in [5, 5.41) is 3.29. The molecule has 238 valence electrons. The molecule has 3 heterocycles. The van der Waals surface area contributed by atoms with Crippen molar-refractivity contribution in [1.29, 1.82) is 0 Å². The van der Waals surface area contributed by atoms with Gasteiger partial charge in [-0.3, -0.25) is 0 Å². The molecule has 0 atom stereocenters. The highest BCUT2D eigenvalue weighted by molar-refractivity contribution is 6.09. The largest absolute Gasteiger partial charge is 0.436 e. The van der Waals surface area contributed by atoms with Gasteiger partial charge in [-0.1, -0.05) is 140 Å². The molecule has 7 aromatic carbocycles. The third kappa shape index (κ3) is 5.09. The standard InChI is InChI=1S/C45H27N5O/c1-3-11-29(12-4-1)42-48-43(30-13-5-2-6-14-30)50-44(49-42)31-21-19-28(20-22-31)33-24-25-34(36-16-8-7-15-35(33)36)32-23-26-40-37(27-32)41-45(51-40)47-39-18-10-9-17-38(39)46-41/h1-27H. The Morgan fingerprint density at radius 2 is 0.804 bits per heavy atom. The summed E-state index contributed by atoms with van der Waals surface area (Å²) in [7, 11) is 0. The van der Waals surface area contributed by atoms with Gasteiger partial charge < -0.3 is 4.42 Å². The van der Waals surface area contributed by atoms with E-state index in [0.29, 0.717) is 23.2 Å². The molecule has 6 nitrogen and oxygen atoms in total. The van der Waals surface area contributed by atoms with Crippen molar-refractivity contribution in [3.8, 4) is 56.4 Å². The van der Waals surface area contributed by atoms with Crippen molar-refractivity contribution in [2.45, 2.75) is 0 Å². The number of nitrogens with zero attached hydrogens (tertiary/aromatic N) is 5. The highest BCUT2D eigenvalue weighted by Gasteiger charge is 2.16. The first kappa shape index (κ1) is 28.9. The molecule has 0 amide bonds. The Hall–Kier alpha value is -7.05. The summed E-state index contributed by atoms with van der Waals surface area (Å²) >= 11 is 0. The second kappa shape index (κ2) is 11.8. The molecule has 51 heavy (non-hydrogen) atoms. The average Bonchev–Trinajstić information content (AvgIpc) is 3.56. The van der Waals surface area contributed by atoms with Crippen LogP contribution < -0.4 is 0 Å². The monoisotopic (exact) mass is 653 g/mol. The molecule has 0 N–H and O–H groups in total. The zero-order valence-electron chi connectivity index (χ0n) is 27.2. The summed E-state index contributed by atoms with van der Waals surface area (Å²) in [6.07, 6.45) is 0. The molecule has 3 aromatic heterocycles. The van der Waals surface area contributed by atoms with E-state index < -0.39 is 0 Å². The second-order valence-electron chi connectivity index (χ2n) is 12.5. The first-order valence-corrected chi connectivity index (χ1v) is 16.8. The van der Waals surface area contributed by atoms with E-state index in [2.05, 4.69) is 72.8 Å². The van der Waals surface area contributed by atoms with Gasteiger partial charge in [0.05, 0.1) is 11.0 Å². The Kier molecular flexibility index (Phi) is 6.70. The number of fused-ring (bicyclic) bond motifs is 5. The lowest BCUT2D eigenvalue weighted by Crippen LogP contribution is -2.00. The molecule has 0 saturated heterocycles. The molecule has 0 spiro atoms. The number of hydrogen-bond donors (Lipinski definition) is 0. The first-order valence-electron chi connectivity index (χ1n) is 16.8. The van der Waals surface area contributed by atoms with Crippen LogP contribution in [0, 0.1) is 0 Å². The van der Waals surface area contributed by atoms with Gasteiger partial charge in [-0.25, -0.2) is 24.9 Å². The van der Waals surface area contributed by atoms with Crippen molar-refractivity contribution in [3.63, 3.8) is 0 Å². The molecule has 10 aromatic rings. The maximum atomic E-state index is 6.13. The first-order chi connectivity index (χ1) is 25.2. The fourth-order valence-electron chi connectivity index (χ4n) is 6.85. The van der Waals surface area contributed by atoms with Gasteiger partial charge in [-0.15, -0.1) is 0 Å². The zero-order valence-corrected chi connectivity index (χ0v) is 27.2. The molecule has 10 rings (SSSR count). The van der Waals surface area contributed by atoms with Crippen LogP contribution in [0.4, 0.5) is 0 Å². The molecule has 0 aliphatic carbocycles. The molecular weight excluding hydrogens is 627 g/mol. The van der Waals surface area contributed by atoms with Gasteiger partial charge in [0, 0.05) is 22.1 Å². The minimum absolute atomic E-state index is 0.550. The summed E-state index contributed by atoms with van der Waals surface area (Å²) in [6.45, 7) is 0. The minimum Gasteiger partial charge on any atom is -0.436 e. The lowest BCUT2D eigenvalue weighted by atomic mass is 9.91. The topological polar surface area (TPSA) is 77.6 Å². The average molecular weight is 654 g/mol. The lowest BCUT2D eigenvalue weighted by Gasteiger charge is -2.13. The third-order valence-corrected chi connectivity index (χ3v) is 9.37. The fraction of sp³-hybridized carbons (Fsp3) is 0. The summed E-state index contributed by atoms with van der Waals surface area (Å²) in [4.78, 5) is 24.3. The minimum atomic E-state index is 0.550. The lowest BCUT2D eigenvalue weighted by molar-refractivity contribution is 0.655. The van der Waals surface area contributed by atoms with E-state index in [1.165, 1.54) is 10.8 Å². The van der Waals surface area contributed by atoms with Crippen LogP contribution >= 0.6 is 0 Å². The summed E-state index contributed by atoms with van der Waals surface area (Å²) in [5.74, 6) is 1.92. The molecule has 0 bridgehead atoms. The van der Waals surface area contributed by atoms with Crippen LogP contribution in [-0.2, 0) is 0 Å². The van der Waals surface area contributed by atoms with Gasteiger partial charge in [0.1, 0.15) is 11.1 Å². The molecule has 0 radical (unpaired) electrons. The van der Waals surface area contributed by atoms with Crippen molar-refractivity contribution in [3.05, 3.63) is 164 Å². The Morgan fingerprint density at radius 1 is 0.333 bits per heavy atom. The Morgan fingerprint density at radius 3 is 1.41 bits per heavy atom. The molecule has 6 heteroatoms. The van der Waals surface area contributed by atoms with Crippen LogP contribution in [0.15, 0.2) is 168 Å². The van der Waals surface area contributed by atoms with E-state index in [1.807, 2.05) is 91.0 Å². The Labute approximate surface area is 292 Å². The van der Waals surface area contributed by atoms with E-state index >= 15 is 0 Å². The van der Waals surface area contributed by atoms with E-state index in [9.17, 15) is 0 Å². The van der Waals surface area contributed by atoms with E-state index in [4.69, 9.17) is 29.3 Å². The fourth-order valence-corrected chi connectivity index (χ4v) is 6.85. The number of furan rings is 1. The molecular formula is C45H27N5O. The highest BCUT2D eigenvalue weighted by Crippen LogP contribution is 2.38. The maximum Gasteiger partial charge on any atom is 0.246 e. The molecule has 0 aliphatic rings. The van der Waals surface area contributed by atoms with Gasteiger partial charge in [0.25, 0.3) is 0 Å². The highest BCUT2D eigenvalue weighted by atomic mass is 16.3. The van der Waals surface area contributed by atoms with Gasteiger partial charge in [-0.05, 0) is 57.3 Å². The Balaban J connectivity index is 1.05. The van der Waals surface area contributed by atoms with Crippen LogP contribution in [0.1, 0.15) is 0 Å². The van der Waals surface area contributed by atoms with Crippen molar-refractivity contribution in [2.24, 2.45) is 0 Å². The summed E-state index contributed by atoms with van der Waals surface area (Å²) in [5.41, 5.74) is 11.1. The third-order valence-electron chi connectivity index (χ3n) is 9.37. The molecule has 0 fully saturated rings. The van der Waals surface area contributed by atoms with Crippen molar-refractivity contribution in [1.82, 2.24) is 24.9 Å². The number of aromatic nitrogens is 5. The van der Waals surface area contributed by atoms with Gasteiger partial charge >= 0.3 is 0 Å². The van der Waals surface area contributed by atoms with E-state index in [1.54, 1.807) is 0 Å². The van der Waals surface area contributed by atoms with Crippen LogP contribution in [0.25, 0.3) is 100 Å². The van der Waals surface area contributed by atoms with Crippen LogP contribution in [0.2, 0.25) is 0 Å². The van der Waals surface area contributed by atoms with Crippen molar-refractivity contribution in [2.75, 3.05) is 0 Å². The van der Waals surface area contributed by atoms with Gasteiger partial charge in [0.15, 0.2) is 17.5 Å². The Bertz CT molecular complexity index is 2840. The molecule has 0 saturated carbocycles. The summed E-state index contributed by atoms with van der Waals surface area (Å²) < 4.78 is 6.13. The molecule has 0 aliphatic heterocycles. The van der Waals surface area contributed by atoms with Gasteiger partial charge in [0.2, 0.25) is 5.71 Å². The quantitative estimate of drug-likeness (QED) is 0.184. The van der Waals surface area contributed by atoms with Gasteiger partial charge in [-0.2, -0.15) is 0 Å². The number of benzene rings is 7. The normalized spacial score (nSPS) is 11.5. The van der Waals surface area contributed by atoms with E-state index in [0.717, 1.165) is 66.5 Å². The van der Waals surface area contributed by atoms with Crippen LogP contribution in [0.5, 0.6) is 0 Å². The predicted octanol–water partition coefficient (Wildman–Crippen LogP) is 11.2. The van der Waals surface area contributed by atoms with Crippen molar-refractivity contribution < 1.29 is 4.42 Å². The van der Waals surface area contributed by atoms with Crippen LogP contribution in [0.3, 0.4) is 0 Å². The second-order valence-corrected chi connectivity index (χ2v) is 12.5. The molecule has 0 unspecified atom stereocenters. The number of para-hydroxylation sites is 2. The SMILES string of the molecule is c1ccc(-c2nc(-c3ccccc3)nc(-c3ccc(-c4ccc(-c5ccc6oc7nc8ccccc8nc7c6c5)c5ccccc45)cc3)n2)cc1. The predicted molar refractivity (Wildman–Crippen MR) is 205 cm³/mol. The number of rotatable bonds is 5.